The van der Waals surface area contributed by atoms with Crippen LogP contribution >= 0.6 is 0 Å². The zero-order valence-electron chi connectivity index (χ0n) is 7.57. The monoisotopic (exact) mass is 176 g/mol. The van der Waals surface area contributed by atoms with Gasteiger partial charge < -0.3 is 9.53 Å². The first-order valence-electron chi connectivity index (χ1n) is 4.44. The van der Waals surface area contributed by atoms with E-state index in [1.54, 1.807) is 7.11 Å². The Labute approximate surface area is 77.5 Å². The molecule has 2 atom stereocenters. The minimum absolute atomic E-state index is 0.243. The van der Waals surface area contributed by atoms with Crippen molar-refractivity contribution in [3.05, 3.63) is 29.8 Å². The van der Waals surface area contributed by atoms with Crippen LogP contribution in [0.1, 0.15) is 17.9 Å². The largest absolute Gasteiger partial charge is 0.497 e. The fourth-order valence-electron chi connectivity index (χ4n) is 1.62. The van der Waals surface area contributed by atoms with Crippen LogP contribution in [0, 0.1) is 5.92 Å². The average Bonchev–Trinajstić information content (AvgIpc) is 2.97. The number of methoxy groups -OCH3 is 1. The van der Waals surface area contributed by atoms with Crippen LogP contribution in [0.5, 0.6) is 5.75 Å². The van der Waals surface area contributed by atoms with E-state index >= 15 is 0 Å². The number of carbonyl (C=O) groups excluding carboxylic acids is 1. The molecule has 68 valence electrons. The maximum atomic E-state index is 10.5. The van der Waals surface area contributed by atoms with E-state index in [-0.39, 0.29) is 5.92 Å². The molecule has 1 aliphatic rings. The summed E-state index contributed by atoms with van der Waals surface area (Å²) in [5.41, 5.74) is 1.22. The molecule has 2 rings (SSSR count). The second-order valence-electron chi connectivity index (χ2n) is 3.42. The molecular weight excluding hydrogens is 164 g/mol. The first-order valence-corrected chi connectivity index (χ1v) is 4.44. The van der Waals surface area contributed by atoms with Crippen molar-refractivity contribution in [1.82, 2.24) is 0 Å². The lowest BCUT2D eigenvalue weighted by Crippen LogP contribution is -1.87. The fraction of sp³-hybridized carbons (Fsp3) is 0.364. The third-order valence-electron chi connectivity index (χ3n) is 2.54. The van der Waals surface area contributed by atoms with Crippen molar-refractivity contribution in [2.75, 3.05) is 7.11 Å². The van der Waals surface area contributed by atoms with Crippen LogP contribution < -0.4 is 4.74 Å². The van der Waals surface area contributed by atoms with E-state index in [0.29, 0.717) is 5.92 Å². The zero-order valence-corrected chi connectivity index (χ0v) is 7.57. The Morgan fingerprint density at radius 1 is 1.54 bits per heavy atom. The van der Waals surface area contributed by atoms with Gasteiger partial charge >= 0.3 is 0 Å². The molecule has 0 N–H and O–H groups in total. The Morgan fingerprint density at radius 2 is 2.38 bits per heavy atom. The number of benzene rings is 1. The van der Waals surface area contributed by atoms with Gasteiger partial charge in [-0.2, -0.15) is 0 Å². The fourth-order valence-corrected chi connectivity index (χ4v) is 1.62. The molecule has 2 heteroatoms. The summed E-state index contributed by atoms with van der Waals surface area (Å²) >= 11 is 0. The number of hydrogen-bond acceptors (Lipinski definition) is 2. The third kappa shape index (κ3) is 1.57. The molecule has 0 radical (unpaired) electrons. The van der Waals surface area contributed by atoms with Crippen LogP contribution in [0.25, 0.3) is 0 Å². The lowest BCUT2D eigenvalue weighted by Gasteiger charge is -2.02. The Hall–Kier alpha value is -1.31. The van der Waals surface area contributed by atoms with E-state index in [2.05, 4.69) is 6.07 Å². The number of rotatable bonds is 3. The maximum absolute atomic E-state index is 10.5. The summed E-state index contributed by atoms with van der Waals surface area (Å²) in [7, 11) is 1.66. The minimum atomic E-state index is 0.243. The molecule has 1 saturated carbocycles. The quantitative estimate of drug-likeness (QED) is 0.658. The van der Waals surface area contributed by atoms with Gasteiger partial charge in [0.1, 0.15) is 12.0 Å². The normalized spacial score (nSPS) is 25.3. The molecule has 2 nitrogen and oxygen atoms in total. The van der Waals surface area contributed by atoms with Crippen molar-refractivity contribution in [3.8, 4) is 5.75 Å². The molecule has 1 fully saturated rings. The Morgan fingerprint density at radius 3 is 3.00 bits per heavy atom. The van der Waals surface area contributed by atoms with Gasteiger partial charge in [0, 0.05) is 5.92 Å². The number of hydrogen-bond donors (Lipinski definition) is 0. The molecule has 0 aliphatic heterocycles. The predicted molar refractivity (Wildman–Crippen MR) is 49.9 cm³/mol. The maximum Gasteiger partial charge on any atom is 0.123 e. The van der Waals surface area contributed by atoms with E-state index < -0.39 is 0 Å². The molecule has 1 aromatic rings. The standard InChI is InChI=1S/C11H12O2/c1-13-10-4-2-3-8(5-10)11-6-9(11)7-12/h2-5,7,9,11H,6H2,1H3/t9-,11+/m1/s1. The van der Waals surface area contributed by atoms with Gasteiger partial charge in [0.05, 0.1) is 7.11 Å². The summed E-state index contributed by atoms with van der Waals surface area (Å²) in [5.74, 6) is 1.55. The van der Waals surface area contributed by atoms with E-state index in [1.807, 2.05) is 18.2 Å². The van der Waals surface area contributed by atoms with Crippen LogP contribution in [0.4, 0.5) is 0 Å². The Bertz CT molecular complexity index is 320. The van der Waals surface area contributed by atoms with Gasteiger partial charge in [-0.05, 0) is 30.0 Å². The molecule has 0 spiro atoms. The smallest absolute Gasteiger partial charge is 0.123 e. The molecular formula is C11H12O2. The lowest BCUT2D eigenvalue weighted by atomic mass is 10.1. The van der Waals surface area contributed by atoms with Crippen molar-refractivity contribution in [3.63, 3.8) is 0 Å². The summed E-state index contributed by atoms with van der Waals surface area (Å²) in [5, 5.41) is 0. The average molecular weight is 176 g/mol. The molecule has 0 heterocycles. The second kappa shape index (κ2) is 3.21. The van der Waals surface area contributed by atoms with E-state index in [9.17, 15) is 4.79 Å². The van der Waals surface area contributed by atoms with Crippen molar-refractivity contribution in [1.29, 1.82) is 0 Å². The highest BCUT2D eigenvalue weighted by Gasteiger charge is 2.37. The molecule has 0 amide bonds. The summed E-state index contributed by atoms with van der Waals surface area (Å²) in [4.78, 5) is 10.5. The second-order valence-corrected chi connectivity index (χ2v) is 3.42. The molecule has 0 saturated heterocycles. The number of ether oxygens (including phenoxy) is 1. The van der Waals surface area contributed by atoms with Crippen LogP contribution in [-0.4, -0.2) is 13.4 Å². The minimum Gasteiger partial charge on any atom is -0.497 e. The SMILES string of the molecule is COc1cccc([C@@H]2C[C@@H]2C=O)c1. The number of carbonyl (C=O) groups is 1. The van der Waals surface area contributed by atoms with Crippen LogP contribution in [-0.2, 0) is 4.79 Å². The predicted octanol–water partition coefficient (Wildman–Crippen LogP) is 2.00. The molecule has 1 aliphatic carbocycles. The van der Waals surface area contributed by atoms with Gasteiger partial charge in [-0.25, -0.2) is 0 Å². The highest BCUT2D eigenvalue weighted by atomic mass is 16.5. The molecule has 13 heavy (non-hydrogen) atoms. The van der Waals surface area contributed by atoms with E-state index in [0.717, 1.165) is 18.5 Å². The summed E-state index contributed by atoms with van der Waals surface area (Å²) < 4.78 is 5.11. The van der Waals surface area contributed by atoms with E-state index in [4.69, 9.17) is 4.74 Å². The zero-order chi connectivity index (χ0) is 9.26. The van der Waals surface area contributed by atoms with Crippen molar-refractivity contribution in [2.24, 2.45) is 5.92 Å². The van der Waals surface area contributed by atoms with Crippen LogP contribution in [0.3, 0.4) is 0 Å². The topological polar surface area (TPSA) is 26.3 Å². The van der Waals surface area contributed by atoms with Crippen molar-refractivity contribution < 1.29 is 9.53 Å². The summed E-state index contributed by atoms with van der Waals surface area (Å²) in [6, 6.07) is 7.95. The van der Waals surface area contributed by atoms with Crippen LogP contribution in [0.15, 0.2) is 24.3 Å². The van der Waals surface area contributed by atoms with Crippen molar-refractivity contribution in [2.45, 2.75) is 12.3 Å². The third-order valence-corrected chi connectivity index (χ3v) is 2.54. The van der Waals surface area contributed by atoms with Gasteiger partial charge in [0.15, 0.2) is 0 Å². The Kier molecular flexibility index (Phi) is 2.05. The van der Waals surface area contributed by atoms with Crippen LogP contribution in [0.2, 0.25) is 0 Å². The van der Waals surface area contributed by atoms with Gasteiger partial charge in [-0.3, -0.25) is 0 Å². The van der Waals surface area contributed by atoms with Gasteiger partial charge in [-0.15, -0.1) is 0 Å². The highest BCUT2D eigenvalue weighted by Crippen LogP contribution is 2.46. The van der Waals surface area contributed by atoms with Crippen molar-refractivity contribution >= 4 is 6.29 Å². The first kappa shape index (κ1) is 8.30. The highest BCUT2D eigenvalue weighted by molar-refractivity contribution is 5.61. The summed E-state index contributed by atoms with van der Waals surface area (Å²) in [6.45, 7) is 0. The Balaban J connectivity index is 2.17. The molecule has 1 aromatic carbocycles. The first-order chi connectivity index (χ1) is 6.35. The van der Waals surface area contributed by atoms with Gasteiger partial charge in [-0.1, -0.05) is 12.1 Å². The summed E-state index contributed by atoms with van der Waals surface area (Å²) in [6.07, 6.45) is 2.04. The lowest BCUT2D eigenvalue weighted by molar-refractivity contribution is -0.108. The van der Waals surface area contributed by atoms with Gasteiger partial charge in [0.2, 0.25) is 0 Å². The van der Waals surface area contributed by atoms with Gasteiger partial charge in [0.25, 0.3) is 0 Å². The molecule has 0 aromatic heterocycles. The molecule has 0 unspecified atom stereocenters. The number of aldehydes is 1. The molecule has 0 bridgehead atoms. The van der Waals surface area contributed by atoms with E-state index in [1.165, 1.54) is 5.56 Å².